The number of para-hydroxylation sites is 1. The first-order valence-electron chi connectivity index (χ1n) is 9.88. The molecule has 0 unspecified atom stereocenters. The third-order valence-electron chi connectivity index (χ3n) is 5.17. The summed E-state index contributed by atoms with van der Waals surface area (Å²) in [6.07, 6.45) is 9.36. The maximum absolute atomic E-state index is 12.9. The summed E-state index contributed by atoms with van der Waals surface area (Å²) < 4.78 is 0. The van der Waals surface area contributed by atoms with Crippen molar-refractivity contribution in [1.29, 1.82) is 0 Å². The van der Waals surface area contributed by atoms with Gasteiger partial charge in [-0.1, -0.05) is 37.5 Å². The van der Waals surface area contributed by atoms with Crippen molar-refractivity contribution in [3.8, 4) is 11.3 Å². The van der Waals surface area contributed by atoms with Gasteiger partial charge in [0.1, 0.15) is 0 Å². The fraction of sp³-hybridized carbons (Fsp3) is 0.273. The fourth-order valence-electron chi connectivity index (χ4n) is 3.68. The van der Waals surface area contributed by atoms with Gasteiger partial charge in [0.2, 0.25) is 0 Å². The van der Waals surface area contributed by atoms with Crippen LogP contribution >= 0.6 is 12.2 Å². The first-order chi connectivity index (χ1) is 14.2. The number of carbonyl (C=O) groups is 1. The van der Waals surface area contributed by atoms with Crippen LogP contribution in [0.25, 0.3) is 22.2 Å². The summed E-state index contributed by atoms with van der Waals surface area (Å²) in [6.45, 7) is 0. The number of hydrogen-bond donors (Lipinski definition) is 3. The first kappa shape index (κ1) is 19.3. The van der Waals surface area contributed by atoms with E-state index in [9.17, 15) is 4.79 Å². The lowest BCUT2D eigenvalue weighted by atomic mass is 9.96. The van der Waals surface area contributed by atoms with Crippen LogP contribution in [0, 0.1) is 0 Å². The van der Waals surface area contributed by atoms with Crippen molar-refractivity contribution >= 4 is 34.1 Å². The largest absolute Gasteiger partial charge is 0.359 e. The molecule has 0 atom stereocenters. The van der Waals surface area contributed by atoms with Gasteiger partial charge in [0.15, 0.2) is 5.11 Å². The second-order valence-electron chi connectivity index (χ2n) is 7.20. The molecule has 3 aromatic rings. The zero-order chi connectivity index (χ0) is 20.1. The monoisotopic (exact) mass is 405 g/mol. The number of aromatic nitrogens is 2. The second-order valence-corrected chi connectivity index (χ2v) is 7.60. The quantitative estimate of drug-likeness (QED) is 0.455. The van der Waals surface area contributed by atoms with Crippen LogP contribution < -0.4 is 16.2 Å². The van der Waals surface area contributed by atoms with E-state index in [0.717, 1.165) is 35.0 Å². The van der Waals surface area contributed by atoms with Gasteiger partial charge in [-0.3, -0.25) is 20.6 Å². The van der Waals surface area contributed by atoms with Gasteiger partial charge in [-0.05, 0) is 49.3 Å². The standard InChI is InChI=1S/C22H23N5OS/c28-21(26-27-22(29)24-16-6-2-1-3-7-16)18-14-20(15-10-12-23-13-11-15)25-19-9-5-4-8-17(18)19/h4-5,8-14,16H,1-3,6-7H2,(H,26,28)(H2,24,27,29). The number of hydrogen-bond acceptors (Lipinski definition) is 4. The Morgan fingerprint density at radius 3 is 2.55 bits per heavy atom. The highest BCUT2D eigenvalue weighted by Crippen LogP contribution is 2.24. The summed E-state index contributed by atoms with van der Waals surface area (Å²) >= 11 is 5.35. The van der Waals surface area contributed by atoms with E-state index in [-0.39, 0.29) is 5.91 Å². The van der Waals surface area contributed by atoms with Gasteiger partial charge in [0.25, 0.3) is 5.91 Å². The van der Waals surface area contributed by atoms with Gasteiger partial charge < -0.3 is 5.32 Å². The highest BCUT2D eigenvalue weighted by molar-refractivity contribution is 7.80. The van der Waals surface area contributed by atoms with Crippen LogP contribution in [-0.4, -0.2) is 27.0 Å². The summed E-state index contributed by atoms with van der Waals surface area (Å²) in [5.74, 6) is -0.258. The minimum Gasteiger partial charge on any atom is -0.359 e. The molecule has 148 valence electrons. The Bertz CT molecular complexity index is 1020. The summed E-state index contributed by atoms with van der Waals surface area (Å²) in [4.78, 5) is 21.7. The molecular formula is C22H23N5OS. The van der Waals surface area contributed by atoms with Gasteiger partial charge >= 0.3 is 0 Å². The molecule has 4 rings (SSSR count). The van der Waals surface area contributed by atoms with Crippen LogP contribution in [0.5, 0.6) is 0 Å². The fourth-order valence-corrected chi connectivity index (χ4v) is 3.90. The number of rotatable bonds is 3. The summed E-state index contributed by atoms with van der Waals surface area (Å²) in [5.41, 5.74) is 8.49. The lowest BCUT2D eigenvalue weighted by Gasteiger charge is -2.24. The van der Waals surface area contributed by atoms with Crippen molar-refractivity contribution in [2.45, 2.75) is 38.1 Å². The molecule has 7 heteroatoms. The Hall–Kier alpha value is -3.06. The van der Waals surface area contributed by atoms with E-state index in [1.54, 1.807) is 18.5 Å². The Morgan fingerprint density at radius 2 is 1.76 bits per heavy atom. The molecule has 0 spiro atoms. The number of hydrazine groups is 1. The molecule has 1 aliphatic carbocycles. The first-order valence-corrected chi connectivity index (χ1v) is 10.3. The van der Waals surface area contributed by atoms with Crippen LogP contribution in [0.15, 0.2) is 54.9 Å². The second kappa shape index (κ2) is 8.96. The van der Waals surface area contributed by atoms with Crippen LogP contribution in [0.2, 0.25) is 0 Å². The molecular weight excluding hydrogens is 382 g/mol. The number of thiocarbonyl (C=S) groups is 1. The van der Waals surface area contributed by atoms with Crippen LogP contribution in [-0.2, 0) is 0 Å². The number of carbonyl (C=O) groups excluding carboxylic acids is 1. The predicted octanol–water partition coefficient (Wildman–Crippen LogP) is 3.74. The number of amides is 1. The number of benzene rings is 1. The van der Waals surface area contributed by atoms with E-state index in [0.29, 0.717) is 16.7 Å². The molecule has 2 aromatic heterocycles. The number of nitrogens with zero attached hydrogens (tertiary/aromatic N) is 2. The van der Waals surface area contributed by atoms with Crippen molar-refractivity contribution in [2.75, 3.05) is 0 Å². The van der Waals surface area contributed by atoms with E-state index >= 15 is 0 Å². The van der Waals surface area contributed by atoms with Crippen molar-refractivity contribution in [3.63, 3.8) is 0 Å². The number of nitrogens with one attached hydrogen (secondary N) is 3. The van der Waals surface area contributed by atoms with Crippen LogP contribution in [0.3, 0.4) is 0 Å². The molecule has 0 radical (unpaired) electrons. The normalized spacial score (nSPS) is 14.3. The van der Waals surface area contributed by atoms with Crippen LogP contribution in [0.4, 0.5) is 0 Å². The molecule has 1 fully saturated rings. The van der Waals surface area contributed by atoms with Crippen molar-refractivity contribution in [2.24, 2.45) is 0 Å². The summed E-state index contributed by atoms with van der Waals surface area (Å²) in [7, 11) is 0. The molecule has 1 amide bonds. The van der Waals surface area contributed by atoms with Gasteiger partial charge in [-0.15, -0.1) is 0 Å². The Morgan fingerprint density at radius 1 is 1.00 bits per heavy atom. The van der Waals surface area contributed by atoms with Crippen molar-refractivity contribution in [1.82, 2.24) is 26.1 Å². The van der Waals surface area contributed by atoms with E-state index in [1.807, 2.05) is 36.4 Å². The third-order valence-corrected chi connectivity index (χ3v) is 5.39. The van der Waals surface area contributed by atoms with E-state index in [1.165, 1.54) is 19.3 Å². The minimum atomic E-state index is -0.258. The number of fused-ring (bicyclic) bond motifs is 1. The Labute approximate surface area is 175 Å². The highest BCUT2D eigenvalue weighted by Gasteiger charge is 2.16. The van der Waals surface area contributed by atoms with Crippen LogP contribution in [0.1, 0.15) is 42.5 Å². The molecule has 1 saturated carbocycles. The van der Waals surface area contributed by atoms with E-state index in [4.69, 9.17) is 17.2 Å². The molecule has 0 bridgehead atoms. The maximum atomic E-state index is 12.9. The molecule has 2 heterocycles. The molecule has 29 heavy (non-hydrogen) atoms. The molecule has 6 nitrogen and oxygen atoms in total. The smallest absolute Gasteiger partial charge is 0.270 e. The SMILES string of the molecule is O=C(NNC(=S)NC1CCCCC1)c1cc(-c2ccncc2)nc2ccccc12. The van der Waals surface area contributed by atoms with Gasteiger partial charge in [-0.25, -0.2) is 4.98 Å². The van der Waals surface area contributed by atoms with Crippen molar-refractivity contribution < 1.29 is 4.79 Å². The minimum absolute atomic E-state index is 0.258. The molecule has 0 aliphatic heterocycles. The Kier molecular flexibility index (Phi) is 5.95. The van der Waals surface area contributed by atoms with Gasteiger partial charge in [0.05, 0.1) is 16.8 Å². The average molecular weight is 406 g/mol. The van der Waals surface area contributed by atoms with Gasteiger partial charge in [-0.2, -0.15) is 0 Å². The third kappa shape index (κ3) is 4.68. The van der Waals surface area contributed by atoms with E-state index in [2.05, 4.69) is 21.2 Å². The topological polar surface area (TPSA) is 78.9 Å². The average Bonchev–Trinajstić information content (AvgIpc) is 2.78. The lowest BCUT2D eigenvalue weighted by molar-refractivity contribution is 0.0945. The van der Waals surface area contributed by atoms with E-state index < -0.39 is 0 Å². The maximum Gasteiger partial charge on any atom is 0.270 e. The molecule has 3 N–H and O–H groups in total. The molecule has 1 aliphatic rings. The highest BCUT2D eigenvalue weighted by atomic mass is 32.1. The lowest BCUT2D eigenvalue weighted by Crippen LogP contribution is -2.50. The zero-order valence-corrected chi connectivity index (χ0v) is 16.8. The molecule has 1 aromatic carbocycles. The summed E-state index contributed by atoms with van der Waals surface area (Å²) in [5, 5.41) is 4.52. The number of pyridine rings is 2. The molecule has 0 saturated heterocycles. The summed E-state index contributed by atoms with van der Waals surface area (Å²) in [6, 6.07) is 13.5. The van der Waals surface area contributed by atoms with Gasteiger partial charge in [0, 0.05) is 29.4 Å². The van der Waals surface area contributed by atoms with Crippen molar-refractivity contribution in [3.05, 3.63) is 60.4 Å². The Balaban J connectivity index is 1.52. The predicted molar refractivity (Wildman–Crippen MR) is 118 cm³/mol. The zero-order valence-electron chi connectivity index (χ0n) is 16.0.